The quantitative estimate of drug-likeness (QED) is 0.374. The molecule has 168 valence electrons. The highest BCUT2D eigenvalue weighted by atomic mass is 35.5. The number of halogens is 1. The molecule has 1 N–H and O–H groups in total. The number of carboxylic acids is 1. The standard InChI is InChI=1S/C23H17ClN2O7/c1-3-9-33-19-17(24)11-13(12-18(19)32-4-2)10-16-20(27)25-23(31)26(21(16)28)15-7-5-14(6-8-15)22(29)30/h1,5-8,10-12H,4,9H2,2H3,(H,29,30)(H,25,27,31)/p-1/b16-10+. The lowest BCUT2D eigenvalue weighted by Crippen LogP contribution is -2.54. The van der Waals surface area contributed by atoms with Gasteiger partial charge in [0.2, 0.25) is 0 Å². The normalized spacial score (nSPS) is 14.6. The number of hydrogen-bond acceptors (Lipinski definition) is 7. The molecule has 9 nitrogen and oxygen atoms in total. The second-order valence-corrected chi connectivity index (χ2v) is 6.96. The maximum atomic E-state index is 13.0. The van der Waals surface area contributed by atoms with Crippen molar-refractivity contribution in [3.8, 4) is 23.8 Å². The largest absolute Gasteiger partial charge is 0.545 e. The molecule has 0 atom stereocenters. The van der Waals surface area contributed by atoms with Crippen molar-refractivity contribution in [1.29, 1.82) is 0 Å². The van der Waals surface area contributed by atoms with Crippen LogP contribution in [0, 0.1) is 12.3 Å². The van der Waals surface area contributed by atoms with E-state index < -0.39 is 23.8 Å². The lowest BCUT2D eigenvalue weighted by atomic mass is 10.1. The van der Waals surface area contributed by atoms with Gasteiger partial charge in [0.1, 0.15) is 12.2 Å². The van der Waals surface area contributed by atoms with Crippen LogP contribution in [0.4, 0.5) is 10.5 Å². The third-order valence-corrected chi connectivity index (χ3v) is 4.69. The lowest BCUT2D eigenvalue weighted by Gasteiger charge is -2.26. The number of terminal acetylenes is 1. The summed E-state index contributed by atoms with van der Waals surface area (Å²) in [7, 11) is 0. The molecule has 3 rings (SSSR count). The highest BCUT2D eigenvalue weighted by Gasteiger charge is 2.36. The third-order valence-electron chi connectivity index (χ3n) is 4.41. The zero-order chi connectivity index (χ0) is 24.1. The molecule has 2 aromatic carbocycles. The number of carbonyl (C=O) groups is 4. The Morgan fingerprint density at radius 3 is 2.52 bits per heavy atom. The molecule has 0 saturated carbocycles. The minimum absolute atomic E-state index is 0.0467. The number of anilines is 1. The number of carboxylic acid groups (broad SMARTS) is 1. The van der Waals surface area contributed by atoms with Crippen molar-refractivity contribution in [2.24, 2.45) is 0 Å². The topological polar surface area (TPSA) is 125 Å². The van der Waals surface area contributed by atoms with Crippen molar-refractivity contribution >= 4 is 47.2 Å². The van der Waals surface area contributed by atoms with Gasteiger partial charge in [-0.1, -0.05) is 29.7 Å². The zero-order valence-corrected chi connectivity index (χ0v) is 18.0. The SMILES string of the molecule is C#CCOc1c(Cl)cc(/C=C2\C(=O)NC(=O)N(c3ccc(C(=O)[O-])cc3)C2=O)cc1OCC. The summed E-state index contributed by atoms with van der Waals surface area (Å²) in [6.45, 7) is 1.98. The maximum Gasteiger partial charge on any atom is 0.335 e. The van der Waals surface area contributed by atoms with E-state index >= 15 is 0 Å². The molecule has 1 aliphatic heterocycles. The maximum absolute atomic E-state index is 13.0. The van der Waals surface area contributed by atoms with E-state index in [9.17, 15) is 24.3 Å². The van der Waals surface area contributed by atoms with Crippen LogP contribution >= 0.6 is 11.6 Å². The summed E-state index contributed by atoms with van der Waals surface area (Å²) >= 11 is 6.28. The van der Waals surface area contributed by atoms with E-state index in [2.05, 4.69) is 11.2 Å². The van der Waals surface area contributed by atoms with Crippen molar-refractivity contribution in [3.63, 3.8) is 0 Å². The first-order valence-electron chi connectivity index (χ1n) is 9.52. The van der Waals surface area contributed by atoms with E-state index in [1.54, 1.807) is 6.92 Å². The Labute approximate surface area is 193 Å². The third kappa shape index (κ3) is 4.97. The van der Waals surface area contributed by atoms with Crippen LogP contribution in [0.25, 0.3) is 6.08 Å². The van der Waals surface area contributed by atoms with Gasteiger partial charge in [0.05, 0.1) is 23.3 Å². The minimum Gasteiger partial charge on any atom is -0.545 e. The van der Waals surface area contributed by atoms with E-state index in [-0.39, 0.29) is 46.6 Å². The number of aromatic carboxylic acids is 1. The van der Waals surface area contributed by atoms with Gasteiger partial charge >= 0.3 is 6.03 Å². The van der Waals surface area contributed by atoms with Crippen LogP contribution in [0.15, 0.2) is 42.0 Å². The predicted molar refractivity (Wildman–Crippen MR) is 117 cm³/mol. The van der Waals surface area contributed by atoms with E-state index in [1.165, 1.54) is 42.5 Å². The molecule has 10 heteroatoms. The summed E-state index contributed by atoms with van der Waals surface area (Å²) in [4.78, 5) is 49.4. The molecule has 0 spiro atoms. The highest BCUT2D eigenvalue weighted by Crippen LogP contribution is 2.37. The number of benzene rings is 2. The summed E-state index contributed by atoms with van der Waals surface area (Å²) in [6.07, 6.45) is 6.46. The Kier molecular flexibility index (Phi) is 7.00. The number of carbonyl (C=O) groups excluding carboxylic acids is 4. The molecule has 2 aromatic rings. The number of imide groups is 2. The number of ether oxygens (including phenoxy) is 2. The Bertz CT molecular complexity index is 1210. The second-order valence-electron chi connectivity index (χ2n) is 6.55. The van der Waals surface area contributed by atoms with Crippen molar-refractivity contribution in [2.45, 2.75) is 6.92 Å². The van der Waals surface area contributed by atoms with Gasteiger partial charge < -0.3 is 19.4 Å². The van der Waals surface area contributed by atoms with Crippen LogP contribution in [0.2, 0.25) is 5.02 Å². The van der Waals surface area contributed by atoms with Gasteiger partial charge in [-0.05, 0) is 48.4 Å². The number of nitrogens with one attached hydrogen (secondary N) is 1. The summed E-state index contributed by atoms with van der Waals surface area (Å²) in [6, 6.07) is 6.82. The fraction of sp³-hybridized carbons (Fsp3) is 0.130. The summed E-state index contributed by atoms with van der Waals surface area (Å²) in [5.41, 5.74) is -0.0985. The van der Waals surface area contributed by atoms with Crippen LogP contribution < -0.4 is 24.8 Å². The summed E-state index contributed by atoms with van der Waals surface area (Å²) < 4.78 is 10.9. The van der Waals surface area contributed by atoms with Crippen molar-refractivity contribution in [1.82, 2.24) is 5.32 Å². The molecular weight excluding hydrogens is 452 g/mol. The minimum atomic E-state index is -1.41. The van der Waals surface area contributed by atoms with E-state index in [1.807, 2.05) is 0 Å². The number of nitrogens with zero attached hydrogens (tertiary/aromatic N) is 1. The zero-order valence-electron chi connectivity index (χ0n) is 17.2. The van der Waals surface area contributed by atoms with E-state index in [0.717, 1.165) is 0 Å². The van der Waals surface area contributed by atoms with Crippen LogP contribution in [0.1, 0.15) is 22.8 Å². The van der Waals surface area contributed by atoms with Gasteiger partial charge in [0.15, 0.2) is 11.5 Å². The van der Waals surface area contributed by atoms with Crippen molar-refractivity contribution in [2.75, 3.05) is 18.1 Å². The molecule has 33 heavy (non-hydrogen) atoms. The van der Waals surface area contributed by atoms with Crippen LogP contribution in [0.5, 0.6) is 11.5 Å². The van der Waals surface area contributed by atoms with E-state index in [0.29, 0.717) is 10.5 Å². The first-order chi connectivity index (χ1) is 15.8. The Morgan fingerprint density at radius 2 is 1.91 bits per heavy atom. The highest BCUT2D eigenvalue weighted by molar-refractivity contribution is 6.39. The van der Waals surface area contributed by atoms with Gasteiger partial charge in [-0.25, -0.2) is 9.69 Å². The number of rotatable bonds is 7. The first kappa shape index (κ1) is 23.4. The number of barbiturate groups is 1. The smallest absolute Gasteiger partial charge is 0.335 e. The first-order valence-corrected chi connectivity index (χ1v) is 9.90. The van der Waals surface area contributed by atoms with Gasteiger partial charge in [-0.15, -0.1) is 6.42 Å². The van der Waals surface area contributed by atoms with Crippen molar-refractivity contribution in [3.05, 3.63) is 58.1 Å². The fourth-order valence-corrected chi connectivity index (χ4v) is 3.27. The number of hydrogen-bond donors (Lipinski definition) is 1. The average Bonchev–Trinajstić information content (AvgIpc) is 2.76. The Balaban J connectivity index is 2.00. The Morgan fingerprint density at radius 1 is 1.21 bits per heavy atom. The molecule has 0 bridgehead atoms. The Hall–Kier alpha value is -4.29. The summed E-state index contributed by atoms with van der Waals surface area (Å²) in [5, 5.41) is 13.2. The predicted octanol–water partition coefficient (Wildman–Crippen LogP) is 1.78. The fourth-order valence-electron chi connectivity index (χ4n) is 2.99. The van der Waals surface area contributed by atoms with Crippen LogP contribution in [-0.2, 0) is 9.59 Å². The second kappa shape index (κ2) is 9.89. The molecule has 1 fully saturated rings. The van der Waals surface area contributed by atoms with Gasteiger partial charge in [-0.2, -0.15) is 0 Å². The van der Waals surface area contributed by atoms with Crippen molar-refractivity contribution < 1.29 is 33.8 Å². The molecular formula is C23H16ClN2O7-. The molecule has 4 amide bonds. The molecule has 1 saturated heterocycles. The molecule has 0 radical (unpaired) electrons. The summed E-state index contributed by atoms with van der Waals surface area (Å²) in [5.74, 6) is -0.450. The average molecular weight is 468 g/mol. The molecule has 0 unspecified atom stereocenters. The van der Waals surface area contributed by atoms with E-state index in [4.69, 9.17) is 27.5 Å². The monoisotopic (exact) mass is 467 g/mol. The molecule has 0 aliphatic carbocycles. The van der Waals surface area contributed by atoms with Gasteiger partial charge in [0, 0.05) is 0 Å². The molecule has 0 aromatic heterocycles. The molecule has 1 heterocycles. The van der Waals surface area contributed by atoms with Crippen LogP contribution in [-0.4, -0.2) is 37.0 Å². The van der Waals surface area contributed by atoms with Gasteiger partial charge in [0.25, 0.3) is 11.8 Å². The number of urea groups is 1. The lowest BCUT2D eigenvalue weighted by molar-refractivity contribution is -0.255. The molecule has 1 aliphatic rings. The number of amides is 4. The van der Waals surface area contributed by atoms with Gasteiger partial charge in [-0.3, -0.25) is 14.9 Å². The van der Waals surface area contributed by atoms with Crippen LogP contribution in [0.3, 0.4) is 0 Å².